The number of aliphatic hydroxyl groups is 1. The van der Waals surface area contributed by atoms with Crippen molar-refractivity contribution in [1.29, 1.82) is 0 Å². The molecule has 0 aromatic carbocycles. The Balaban J connectivity index is 4.07. The average Bonchev–Trinajstić information content (AvgIpc) is 2.13. The third-order valence-electron chi connectivity index (χ3n) is 2.30. The molecule has 0 radical (unpaired) electrons. The molecule has 3 nitrogen and oxygen atoms in total. The van der Waals surface area contributed by atoms with Crippen LogP contribution in [0.4, 0.5) is 0 Å². The highest BCUT2D eigenvalue weighted by molar-refractivity contribution is 5.78. The quantitative estimate of drug-likeness (QED) is 0.634. The number of carbonyl (C=O) groups excluding carboxylic acids is 1. The fourth-order valence-corrected chi connectivity index (χ4v) is 1.11. The standard InChI is InChI=1S/C11H21NO2/c1-5-6-9(4)11(14)12-10(7-13)8(2)3/h5,8-10,13H,1,6-7H2,2-4H3,(H,12,14). The molecule has 0 aliphatic heterocycles. The van der Waals surface area contributed by atoms with E-state index in [0.29, 0.717) is 6.42 Å². The molecule has 0 spiro atoms. The lowest BCUT2D eigenvalue weighted by Crippen LogP contribution is -2.43. The van der Waals surface area contributed by atoms with E-state index in [0.717, 1.165) is 0 Å². The summed E-state index contributed by atoms with van der Waals surface area (Å²) in [6.45, 7) is 9.37. The van der Waals surface area contributed by atoms with Gasteiger partial charge >= 0.3 is 0 Å². The van der Waals surface area contributed by atoms with Crippen molar-refractivity contribution < 1.29 is 9.90 Å². The van der Waals surface area contributed by atoms with Crippen molar-refractivity contribution >= 4 is 5.91 Å². The normalized spacial score (nSPS) is 14.9. The maximum atomic E-state index is 11.5. The van der Waals surface area contributed by atoms with E-state index in [1.54, 1.807) is 6.08 Å². The van der Waals surface area contributed by atoms with Gasteiger partial charge in [-0.1, -0.05) is 26.8 Å². The van der Waals surface area contributed by atoms with Gasteiger partial charge in [0, 0.05) is 5.92 Å². The Hall–Kier alpha value is -0.830. The van der Waals surface area contributed by atoms with Crippen LogP contribution in [0.25, 0.3) is 0 Å². The SMILES string of the molecule is C=CCC(C)C(=O)NC(CO)C(C)C. The lowest BCUT2D eigenvalue weighted by Gasteiger charge is -2.21. The number of nitrogens with one attached hydrogen (secondary N) is 1. The first-order valence-electron chi connectivity index (χ1n) is 5.05. The van der Waals surface area contributed by atoms with Gasteiger partial charge in [0.2, 0.25) is 5.91 Å². The summed E-state index contributed by atoms with van der Waals surface area (Å²) < 4.78 is 0. The molecule has 2 unspecified atom stereocenters. The molecule has 0 fully saturated rings. The van der Waals surface area contributed by atoms with E-state index >= 15 is 0 Å². The van der Waals surface area contributed by atoms with E-state index in [-0.39, 0.29) is 30.4 Å². The molecule has 0 aromatic heterocycles. The Morgan fingerprint density at radius 3 is 2.43 bits per heavy atom. The maximum Gasteiger partial charge on any atom is 0.223 e. The van der Waals surface area contributed by atoms with E-state index in [4.69, 9.17) is 5.11 Å². The van der Waals surface area contributed by atoms with Crippen molar-refractivity contribution in [3.8, 4) is 0 Å². The molecule has 2 atom stereocenters. The molecule has 0 saturated carbocycles. The van der Waals surface area contributed by atoms with Crippen LogP contribution in [0.2, 0.25) is 0 Å². The Kier molecular flexibility index (Phi) is 6.21. The molecule has 0 aliphatic carbocycles. The van der Waals surface area contributed by atoms with Gasteiger partial charge in [-0.05, 0) is 12.3 Å². The molecule has 3 heteroatoms. The van der Waals surface area contributed by atoms with E-state index < -0.39 is 0 Å². The Labute approximate surface area is 86.2 Å². The number of hydrogen-bond acceptors (Lipinski definition) is 2. The van der Waals surface area contributed by atoms with E-state index in [1.807, 2.05) is 20.8 Å². The van der Waals surface area contributed by atoms with Crippen molar-refractivity contribution in [1.82, 2.24) is 5.32 Å². The smallest absolute Gasteiger partial charge is 0.223 e. The van der Waals surface area contributed by atoms with Gasteiger partial charge in [0.25, 0.3) is 0 Å². The highest BCUT2D eigenvalue weighted by atomic mass is 16.3. The molecule has 2 N–H and O–H groups in total. The molecule has 0 saturated heterocycles. The van der Waals surface area contributed by atoms with Crippen LogP contribution in [0, 0.1) is 11.8 Å². The second-order valence-corrected chi connectivity index (χ2v) is 3.97. The second kappa shape index (κ2) is 6.60. The first kappa shape index (κ1) is 13.2. The molecule has 0 bridgehead atoms. The third-order valence-corrected chi connectivity index (χ3v) is 2.30. The number of carbonyl (C=O) groups is 1. The maximum absolute atomic E-state index is 11.5. The van der Waals surface area contributed by atoms with Gasteiger partial charge in [-0.15, -0.1) is 6.58 Å². The number of rotatable bonds is 6. The number of amides is 1. The molecular formula is C11H21NO2. The fraction of sp³-hybridized carbons (Fsp3) is 0.727. The zero-order chi connectivity index (χ0) is 11.1. The van der Waals surface area contributed by atoms with Crippen molar-refractivity contribution in [2.24, 2.45) is 11.8 Å². The van der Waals surface area contributed by atoms with E-state index in [1.165, 1.54) is 0 Å². The van der Waals surface area contributed by atoms with Crippen LogP contribution in [-0.4, -0.2) is 23.7 Å². The minimum atomic E-state index is -0.144. The number of hydrogen-bond donors (Lipinski definition) is 2. The van der Waals surface area contributed by atoms with E-state index in [9.17, 15) is 4.79 Å². The van der Waals surface area contributed by atoms with Gasteiger partial charge < -0.3 is 10.4 Å². The molecule has 14 heavy (non-hydrogen) atoms. The highest BCUT2D eigenvalue weighted by Gasteiger charge is 2.18. The number of aliphatic hydroxyl groups excluding tert-OH is 1. The fourth-order valence-electron chi connectivity index (χ4n) is 1.11. The van der Waals surface area contributed by atoms with Gasteiger partial charge in [0.1, 0.15) is 0 Å². The highest BCUT2D eigenvalue weighted by Crippen LogP contribution is 2.06. The monoisotopic (exact) mass is 199 g/mol. The van der Waals surface area contributed by atoms with Crippen LogP contribution in [0.5, 0.6) is 0 Å². The zero-order valence-electron chi connectivity index (χ0n) is 9.29. The predicted octanol–water partition coefficient (Wildman–Crippen LogP) is 1.33. The summed E-state index contributed by atoms with van der Waals surface area (Å²) in [6.07, 6.45) is 2.40. The summed E-state index contributed by atoms with van der Waals surface area (Å²) in [5.74, 6) is 0.165. The summed E-state index contributed by atoms with van der Waals surface area (Å²) in [5, 5.41) is 11.8. The Bertz CT molecular complexity index is 190. The van der Waals surface area contributed by atoms with Gasteiger partial charge in [-0.2, -0.15) is 0 Å². The molecule has 0 rings (SSSR count). The van der Waals surface area contributed by atoms with Gasteiger partial charge in [-0.25, -0.2) is 0 Å². The van der Waals surface area contributed by atoms with Gasteiger partial charge in [-0.3, -0.25) is 4.79 Å². The van der Waals surface area contributed by atoms with Crippen molar-refractivity contribution in [3.05, 3.63) is 12.7 Å². The molecule has 82 valence electrons. The Morgan fingerprint density at radius 1 is 1.50 bits per heavy atom. The Morgan fingerprint density at radius 2 is 2.07 bits per heavy atom. The van der Waals surface area contributed by atoms with Crippen LogP contribution in [0.1, 0.15) is 27.2 Å². The molecule has 0 aliphatic rings. The summed E-state index contributed by atoms with van der Waals surface area (Å²) in [5.41, 5.74) is 0. The third kappa shape index (κ3) is 4.42. The van der Waals surface area contributed by atoms with Crippen LogP contribution in [0.3, 0.4) is 0 Å². The topological polar surface area (TPSA) is 49.3 Å². The van der Waals surface area contributed by atoms with Crippen LogP contribution < -0.4 is 5.32 Å². The zero-order valence-corrected chi connectivity index (χ0v) is 9.29. The van der Waals surface area contributed by atoms with Crippen molar-refractivity contribution in [2.45, 2.75) is 33.2 Å². The van der Waals surface area contributed by atoms with Crippen LogP contribution in [-0.2, 0) is 4.79 Å². The number of allylic oxidation sites excluding steroid dienone is 1. The van der Waals surface area contributed by atoms with Crippen LogP contribution in [0.15, 0.2) is 12.7 Å². The average molecular weight is 199 g/mol. The first-order chi connectivity index (χ1) is 6.52. The lowest BCUT2D eigenvalue weighted by atomic mass is 10.0. The van der Waals surface area contributed by atoms with Crippen LogP contribution >= 0.6 is 0 Å². The second-order valence-electron chi connectivity index (χ2n) is 3.97. The minimum Gasteiger partial charge on any atom is -0.394 e. The minimum absolute atomic E-state index is 0.00971. The van der Waals surface area contributed by atoms with Gasteiger partial charge in [0.05, 0.1) is 12.6 Å². The largest absolute Gasteiger partial charge is 0.394 e. The summed E-state index contributed by atoms with van der Waals surface area (Å²) in [6, 6.07) is -0.144. The van der Waals surface area contributed by atoms with Crippen molar-refractivity contribution in [3.63, 3.8) is 0 Å². The molecular weight excluding hydrogens is 178 g/mol. The van der Waals surface area contributed by atoms with Gasteiger partial charge in [0.15, 0.2) is 0 Å². The predicted molar refractivity (Wildman–Crippen MR) is 57.8 cm³/mol. The van der Waals surface area contributed by atoms with Crippen molar-refractivity contribution in [2.75, 3.05) is 6.61 Å². The summed E-state index contributed by atoms with van der Waals surface area (Å²) in [7, 11) is 0. The molecule has 0 heterocycles. The summed E-state index contributed by atoms with van der Waals surface area (Å²) in [4.78, 5) is 11.5. The first-order valence-corrected chi connectivity index (χ1v) is 5.05. The molecule has 1 amide bonds. The lowest BCUT2D eigenvalue weighted by molar-refractivity contribution is -0.125. The molecule has 0 aromatic rings. The summed E-state index contributed by atoms with van der Waals surface area (Å²) >= 11 is 0. The van der Waals surface area contributed by atoms with E-state index in [2.05, 4.69) is 11.9 Å².